The first-order valence-electron chi connectivity index (χ1n) is 7.31. The summed E-state index contributed by atoms with van der Waals surface area (Å²) < 4.78 is 0. The van der Waals surface area contributed by atoms with Crippen molar-refractivity contribution in [2.45, 2.75) is 45.2 Å². The van der Waals surface area contributed by atoms with Crippen LogP contribution in [-0.2, 0) is 9.59 Å². The maximum absolute atomic E-state index is 12.4. The van der Waals surface area contributed by atoms with Crippen molar-refractivity contribution in [2.24, 2.45) is 0 Å². The number of amides is 2. The highest BCUT2D eigenvalue weighted by Gasteiger charge is 2.35. The second kappa shape index (κ2) is 5.90. The van der Waals surface area contributed by atoms with E-state index in [0.29, 0.717) is 13.1 Å². The fraction of sp³-hybridized carbons (Fsp3) is 0.857. The van der Waals surface area contributed by atoms with Gasteiger partial charge in [-0.05, 0) is 40.2 Å². The molecule has 0 aliphatic carbocycles. The molecule has 2 atom stereocenters. The summed E-state index contributed by atoms with van der Waals surface area (Å²) >= 11 is 0. The van der Waals surface area contributed by atoms with Gasteiger partial charge in [0.25, 0.3) is 0 Å². The zero-order valence-electron chi connectivity index (χ0n) is 12.3. The molecule has 0 aromatic carbocycles. The lowest BCUT2D eigenvalue weighted by molar-refractivity contribution is -0.156. The molecule has 2 fully saturated rings. The minimum absolute atomic E-state index is 0.188. The molecule has 0 aromatic heterocycles. The topological polar surface area (TPSA) is 43.9 Å². The van der Waals surface area contributed by atoms with Crippen LogP contribution in [0.3, 0.4) is 0 Å². The number of rotatable bonds is 0. The normalized spacial score (nSPS) is 29.4. The van der Waals surface area contributed by atoms with E-state index in [1.807, 2.05) is 20.9 Å². The van der Waals surface area contributed by atoms with Gasteiger partial charge in [0.15, 0.2) is 0 Å². The highest BCUT2D eigenvalue weighted by molar-refractivity contribution is 6.35. The van der Waals surface area contributed by atoms with E-state index in [0.717, 1.165) is 32.4 Å². The van der Waals surface area contributed by atoms with E-state index < -0.39 is 0 Å². The minimum Gasteiger partial charge on any atom is -0.332 e. The average molecular weight is 267 g/mol. The number of likely N-dealkylation sites (tertiary alicyclic amines) is 1. The molecule has 108 valence electrons. The van der Waals surface area contributed by atoms with E-state index >= 15 is 0 Å². The molecule has 2 saturated heterocycles. The number of piperidine rings is 1. The molecule has 0 N–H and O–H groups in total. The lowest BCUT2D eigenvalue weighted by Gasteiger charge is -2.40. The van der Waals surface area contributed by atoms with Crippen molar-refractivity contribution >= 4 is 11.8 Å². The first-order valence-corrected chi connectivity index (χ1v) is 7.31. The third-order valence-electron chi connectivity index (χ3n) is 4.40. The third kappa shape index (κ3) is 3.08. The summed E-state index contributed by atoms with van der Waals surface area (Å²) in [7, 11) is 2.04. The van der Waals surface area contributed by atoms with E-state index in [9.17, 15) is 9.59 Å². The van der Waals surface area contributed by atoms with Crippen molar-refractivity contribution in [3.05, 3.63) is 0 Å². The highest BCUT2D eigenvalue weighted by Crippen LogP contribution is 2.23. The Morgan fingerprint density at radius 2 is 1.42 bits per heavy atom. The van der Waals surface area contributed by atoms with Crippen LogP contribution in [0.15, 0.2) is 0 Å². The van der Waals surface area contributed by atoms with Crippen LogP contribution in [-0.4, -0.2) is 71.8 Å². The Morgan fingerprint density at radius 1 is 0.895 bits per heavy atom. The SMILES string of the molecule is CC1CCCC(C)N1C(=O)C(=O)N1CCN(C)CC1. The molecule has 0 saturated carbocycles. The molecule has 5 nitrogen and oxygen atoms in total. The summed E-state index contributed by atoms with van der Waals surface area (Å²) in [5, 5.41) is 0. The maximum atomic E-state index is 12.4. The number of nitrogens with zero attached hydrogens (tertiary/aromatic N) is 3. The van der Waals surface area contributed by atoms with Gasteiger partial charge < -0.3 is 14.7 Å². The van der Waals surface area contributed by atoms with Crippen LogP contribution in [0, 0.1) is 0 Å². The van der Waals surface area contributed by atoms with Crippen LogP contribution in [0.2, 0.25) is 0 Å². The molecule has 0 aromatic rings. The third-order valence-corrected chi connectivity index (χ3v) is 4.40. The summed E-state index contributed by atoms with van der Waals surface area (Å²) in [6.45, 7) is 7.12. The summed E-state index contributed by atoms with van der Waals surface area (Å²) in [4.78, 5) is 30.4. The van der Waals surface area contributed by atoms with Crippen molar-refractivity contribution in [3.63, 3.8) is 0 Å². The zero-order valence-corrected chi connectivity index (χ0v) is 12.3. The number of piperazine rings is 1. The second-order valence-corrected chi connectivity index (χ2v) is 5.94. The molecule has 0 bridgehead atoms. The Balaban J connectivity index is 2.00. The molecule has 2 aliphatic heterocycles. The second-order valence-electron chi connectivity index (χ2n) is 5.94. The van der Waals surface area contributed by atoms with Crippen LogP contribution in [0.25, 0.3) is 0 Å². The van der Waals surface area contributed by atoms with Crippen molar-refractivity contribution in [1.82, 2.24) is 14.7 Å². The summed E-state index contributed by atoms with van der Waals surface area (Å²) in [6, 6.07) is 0.375. The molecule has 2 unspecified atom stereocenters. The van der Waals surface area contributed by atoms with Crippen molar-refractivity contribution in [1.29, 1.82) is 0 Å². The molecule has 19 heavy (non-hydrogen) atoms. The molecule has 0 radical (unpaired) electrons. The van der Waals surface area contributed by atoms with E-state index in [2.05, 4.69) is 4.90 Å². The standard InChI is InChI=1S/C14H25N3O2/c1-11-5-4-6-12(2)17(11)14(19)13(18)16-9-7-15(3)8-10-16/h11-12H,4-10H2,1-3H3. The predicted octanol–water partition coefficient (Wildman–Crippen LogP) is 0.550. The molecule has 0 spiro atoms. The van der Waals surface area contributed by atoms with Gasteiger partial charge in [0, 0.05) is 38.3 Å². The van der Waals surface area contributed by atoms with E-state index in [1.165, 1.54) is 0 Å². The Kier molecular flexibility index (Phi) is 4.45. The lowest BCUT2D eigenvalue weighted by Crippen LogP contribution is -2.56. The number of hydrogen-bond acceptors (Lipinski definition) is 3. The molecular formula is C14H25N3O2. The van der Waals surface area contributed by atoms with E-state index in [-0.39, 0.29) is 23.9 Å². The highest BCUT2D eigenvalue weighted by atomic mass is 16.2. The Labute approximate surface area is 115 Å². The largest absolute Gasteiger partial charge is 0.332 e. The van der Waals surface area contributed by atoms with Gasteiger partial charge in [-0.2, -0.15) is 0 Å². The van der Waals surface area contributed by atoms with Crippen LogP contribution in [0.1, 0.15) is 33.1 Å². The summed E-state index contributed by atoms with van der Waals surface area (Å²) in [5.74, 6) is -0.613. The number of likely N-dealkylation sites (N-methyl/N-ethyl adjacent to an activating group) is 1. The zero-order chi connectivity index (χ0) is 14.0. The lowest BCUT2D eigenvalue weighted by atomic mass is 9.97. The van der Waals surface area contributed by atoms with E-state index in [4.69, 9.17) is 0 Å². The fourth-order valence-corrected chi connectivity index (χ4v) is 3.08. The molecule has 2 heterocycles. The van der Waals surface area contributed by atoms with Crippen LogP contribution in [0.4, 0.5) is 0 Å². The predicted molar refractivity (Wildman–Crippen MR) is 73.7 cm³/mol. The first-order chi connectivity index (χ1) is 9.00. The van der Waals surface area contributed by atoms with Gasteiger partial charge in [-0.1, -0.05) is 0 Å². The monoisotopic (exact) mass is 267 g/mol. The Morgan fingerprint density at radius 3 is 1.95 bits per heavy atom. The number of hydrogen-bond donors (Lipinski definition) is 0. The Hall–Kier alpha value is -1.10. The van der Waals surface area contributed by atoms with Gasteiger partial charge in [-0.15, -0.1) is 0 Å². The van der Waals surface area contributed by atoms with E-state index in [1.54, 1.807) is 9.80 Å². The van der Waals surface area contributed by atoms with Crippen LogP contribution >= 0.6 is 0 Å². The maximum Gasteiger partial charge on any atom is 0.312 e. The smallest absolute Gasteiger partial charge is 0.312 e. The molecule has 2 amide bonds. The number of carbonyl (C=O) groups excluding carboxylic acids is 2. The summed E-state index contributed by atoms with van der Waals surface area (Å²) in [6.07, 6.45) is 3.16. The molecule has 2 aliphatic rings. The van der Waals surface area contributed by atoms with Gasteiger partial charge in [0.1, 0.15) is 0 Å². The van der Waals surface area contributed by atoms with Crippen LogP contribution < -0.4 is 0 Å². The van der Waals surface area contributed by atoms with Gasteiger partial charge in [-0.3, -0.25) is 9.59 Å². The molecule has 5 heteroatoms. The average Bonchev–Trinajstić information content (AvgIpc) is 2.38. The van der Waals surface area contributed by atoms with Crippen molar-refractivity contribution in [3.8, 4) is 0 Å². The molecular weight excluding hydrogens is 242 g/mol. The summed E-state index contributed by atoms with van der Waals surface area (Å²) in [5.41, 5.74) is 0. The van der Waals surface area contributed by atoms with Gasteiger partial charge in [0.05, 0.1) is 0 Å². The quantitative estimate of drug-likeness (QED) is 0.602. The van der Waals surface area contributed by atoms with Gasteiger partial charge >= 0.3 is 11.8 Å². The first kappa shape index (κ1) is 14.3. The fourth-order valence-electron chi connectivity index (χ4n) is 3.08. The Bertz CT molecular complexity index is 341. The van der Waals surface area contributed by atoms with Crippen molar-refractivity contribution in [2.75, 3.05) is 33.2 Å². The van der Waals surface area contributed by atoms with Gasteiger partial charge in [0.2, 0.25) is 0 Å². The molecule has 2 rings (SSSR count). The minimum atomic E-state index is -0.311. The van der Waals surface area contributed by atoms with Gasteiger partial charge in [-0.25, -0.2) is 0 Å². The number of carbonyl (C=O) groups is 2. The van der Waals surface area contributed by atoms with Crippen molar-refractivity contribution < 1.29 is 9.59 Å². The van der Waals surface area contributed by atoms with Crippen LogP contribution in [0.5, 0.6) is 0 Å².